The van der Waals surface area contributed by atoms with Gasteiger partial charge in [-0.3, -0.25) is 0 Å². The summed E-state index contributed by atoms with van der Waals surface area (Å²) in [5, 5.41) is 0. The number of rotatable bonds is 4. The van der Waals surface area contributed by atoms with Gasteiger partial charge in [0.15, 0.2) is 0 Å². The van der Waals surface area contributed by atoms with Crippen molar-refractivity contribution in [2.24, 2.45) is 0 Å². The fourth-order valence-corrected chi connectivity index (χ4v) is 0.402. The highest BCUT2D eigenvalue weighted by molar-refractivity contribution is 7.09. The Kier molecular flexibility index (Phi) is 5.17. The molecular weight excluding hydrogens is 151 g/mol. The summed E-state index contributed by atoms with van der Waals surface area (Å²) in [6.07, 6.45) is 0. The summed E-state index contributed by atoms with van der Waals surface area (Å²) in [5.74, 6) is -0.373. The van der Waals surface area contributed by atoms with Crippen molar-refractivity contribution >= 4 is 15.4 Å². The van der Waals surface area contributed by atoms with Crippen LogP contribution in [0.5, 0.6) is 0 Å². The van der Waals surface area contributed by atoms with Crippen LogP contribution in [0.3, 0.4) is 0 Å². The summed E-state index contributed by atoms with van der Waals surface area (Å²) in [7, 11) is 2.07. The SMILES string of the molecule is C=C(C)C(=O)OCCOP. The molecule has 10 heavy (non-hydrogen) atoms. The molecule has 0 bridgehead atoms. The molecule has 0 heterocycles. The van der Waals surface area contributed by atoms with Gasteiger partial charge in [-0.15, -0.1) is 0 Å². The van der Waals surface area contributed by atoms with E-state index in [2.05, 4.69) is 25.3 Å². The zero-order valence-electron chi connectivity index (χ0n) is 5.92. The van der Waals surface area contributed by atoms with Crippen LogP contribution in [0.25, 0.3) is 0 Å². The van der Waals surface area contributed by atoms with Gasteiger partial charge in [0, 0.05) is 15.0 Å². The fraction of sp³-hybridized carbons (Fsp3) is 0.500. The van der Waals surface area contributed by atoms with Gasteiger partial charge in [-0.25, -0.2) is 4.79 Å². The Morgan fingerprint density at radius 3 is 2.60 bits per heavy atom. The summed E-state index contributed by atoms with van der Waals surface area (Å²) >= 11 is 0. The van der Waals surface area contributed by atoms with E-state index in [0.717, 1.165) is 0 Å². The fourth-order valence-electron chi connectivity index (χ4n) is 0.306. The summed E-state index contributed by atoms with van der Waals surface area (Å²) in [6.45, 7) is 5.68. The van der Waals surface area contributed by atoms with Crippen LogP contribution >= 0.6 is 9.47 Å². The van der Waals surface area contributed by atoms with Gasteiger partial charge in [-0.05, 0) is 6.92 Å². The molecule has 1 atom stereocenters. The average Bonchev–Trinajstić information content (AvgIpc) is 1.88. The molecule has 4 heteroatoms. The van der Waals surface area contributed by atoms with Gasteiger partial charge in [0.2, 0.25) is 0 Å². The van der Waals surface area contributed by atoms with E-state index < -0.39 is 0 Å². The number of carbonyl (C=O) groups is 1. The molecule has 0 aromatic carbocycles. The number of ether oxygens (including phenoxy) is 1. The van der Waals surface area contributed by atoms with Gasteiger partial charge in [-0.2, -0.15) is 0 Å². The Bertz CT molecular complexity index is 133. The number of hydrogen-bond donors (Lipinski definition) is 0. The third-order valence-electron chi connectivity index (χ3n) is 0.783. The molecule has 0 saturated heterocycles. The van der Waals surface area contributed by atoms with Crippen molar-refractivity contribution < 1.29 is 14.1 Å². The van der Waals surface area contributed by atoms with Gasteiger partial charge >= 0.3 is 5.97 Å². The molecule has 0 N–H and O–H groups in total. The molecule has 0 aliphatic carbocycles. The van der Waals surface area contributed by atoms with E-state index >= 15 is 0 Å². The summed E-state index contributed by atoms with van der Waals surface area (Å²) < 4.78 is 9.25. The van der Waals surface area contributed by atoms with Crippen molar-refractivity contribution in [3.05, 3.63) is 12.2 Å². The zero-order chi connectivity index (χ0) is 7.98. The van der Waals surface area contributed by atoms with E-state index in [1.54, 1.807) is 6.92 Å². The van der Waals surface area contributed by atoms with Crippen LogP contribution in [0.2, 0.25) is 0 Å². The predicted molar refractivity (Wildman–Crippen MR) is 41.4 cm³/mol. The lowest BCUT2D eigenvalue weighted by Gasteiger charge is -2.01. The normalized spacial score (nSPS) is 9.00. The lowest BCUT2D eigenvalue weighted by molar-refractivity contribution is -0.139. The number of hydrogen-bond acceptors (Lipinski definition) is 3. The van der Waals surface area contributed by atoms with E-state index in [-0.39, 0.29) is 12.6 Å². The first-order chi connectivity index (χ1) is 4.68. The van der Waals surface area contributed by atoms with E-state index in [0.29, 0.717) is 12.2 Å². The second-order valence-electron chi connectivity index (χ2n) is 1.79. The maximum atomic E-state index is 10.6. The third kappa shape index (κ3) is 4.48. The van der Waals surface area contributed by atoms with Gasteiger partial charge < -0.3 is 9.26 Å². The standard InChI is InChI=1S/C6H11O3P/c1-5(2)6(7)8-3-4-9-10/h1,3-4,10H2,2H3. The van der Waals surface area contributed by atoms with E-state index in [4.69, 9.17) is 0 Å². The molecule has 1 unspecified atom stereocenters. The first-order valence-corrected chi connectivity index (χ1v) is 3.30. The first kappa shape index (κ1) is 9.60. The van der Waals surface area contributed by atoms with Crippen LogP contribution < -0.4 is 0 Å². The lowest BCUT2D eigenvalue weighted by Crippen LogP contribution is -2.08. The van der Waals surface area contributed by atoms with Gasteiger partial charge in [0.1, 0.15) is 6.61 Å². The lowest BCUT2D eigenvalue weighted by atomic mass is 10.4. The molecule has 0 rings (SSSR count). The van der Waals surface area contributed by atoms with E-state index in [9.17, 15) is 4.79 Å². The molecular formula is C6H11O3P. The highest BCUT2D eigenvalue weighted by Gasteiger charge is 2.00. The smallest absolute Gasteiger partial charge is 0.333 e. The molecule has 3 nitrogen and oxygen atoms in total. The van der Waals surface area contributed by atoms with Crippen molar-refractivity contribution in [3.63, 3.8) is 0 Å². The number of esters is 1. The molecule has 0 radical (unpaired) electrons. The first-order valence-electron chi connectivity index (χ1n) is 2.82. The maximum Gasteiger partial charge on any atom is 0.333 e. The molecule has 0 fully saturated rings. The van der Waals surface area contributed by atoms with Crippen LogP contribution in [0.4, 0.5) is 0 Å². The van der Waals surface area contributed by atoms with Crippen LogP contribution in [0.15, 0.2) is 12.2 Å². The van der Waals surface area contributed by atoms with Crippen molar-refractivity contribution in [3.8, 4) is 0 Å². The molecule has 0 saturated carbocycles. The zero-order valence-corrected chi connectivity index (χ0v) is 7.08. The largest absolute Gasteiger partial charge is 0.460 e. The monoisotopic (exact) mass is 162 g/mol. The number of carbonyl (C=O) groups excluding carboxylic acids is 1. The summed E-state index contributed by atoms with van der Waals surface area (Å²) in [6, 6.07) is 0. The molecule has 0 aromatic heterocycles. The maximum absolute atomic E-state index is 10.6. The predicted octanol–water partition coefficient (Wildman–Crippen LogP) is 0.912. The molecule has 0 spiro atoms. The quantitative estimate of drug-likeness (QED) is 0.267. The summed E-state index contributed by atoms with van der Waals surface area (Å²) in [5.41, 5.74) is 0.406. The molecule has 0 amide bonds. The second kappa shape index (κ2) is 5.39. The highest BCUT2D eigenvalue weighted by Crippen LogP contribution is 1.92. The van der Waals surface area contributed by atoms with E-state index in [1.807, 2.05) is 0 Å². The second-order valence-corrected chi connectivity index (χ2v) is 2.12. The van der Waals surface area contributed by atoms with Gasteiger partial charge in [0.25, 0.3) is 0 Å². The van der Waals surface area contributed by atoms with Gasteiger partial charge in [0.05, 0.1) is 6.61 Å². The molecule has 0 aliphatic heterocycles. The van der Waals surface area contributed by atoms with Crippen LogP contribution in [0, 0.1) is 0 Å². The Balaban J connectivity index is 3.31. The minimum absolute atomic E-state index is 0.273. The van der Waals surface area contributed by atoms with Crippen LogP contribution in [-0.2, 0) is 14.1 Å². The van der Waals surface area contributed by atoms with Crippen molar-refractivity contribution in [2.45, 2.75) is 6.92 Å². The molecule has 0 aromatic rings. The Labute approximate surface area is 62.7 Å². The van der Waals surface area contributed by atoms with Crippen molar-refractivity contribution in [2.75, 3.05) is 13.2 Å². The average molecular weight is 162 g/mol. The van der Waals surface area contributed by atoms with Gasteiger partial charge in [-0.1, -0.05) is 6.58 Å². The summed E-state index contributed by atoms with van der Waals surface area (Å²) in [4.78, 5) is 10.6. The Hall–Kier alpha value is -0.400. The van der Waals surface area contributed by atoms with Crippen LogP contribution in [0.1, 0.15) is 6.92 Å². The molecule has 58 valence electrons. The minimum atomic E-state index is -0.373. The van der Waals surface area contributed by atoms with Crippen LogP contribution in [-0.4, -0.2) is 19.2 Å². The van der Waals surface area contributed by atoms with Crippen molar-refractivity contribution in [1.82, 2.24) is 0 Å². The molecule has 0 aliphatic rings. The topological polar surface area (TPSA) is 35.5 Å². The minimum Gasteiger partial charge on any atom is -0.460 e. The third-order valence-corrected chi connectivity index (χ3v) is 1.02. The van der Waals surface area contributed by atoms with Crippen molar-refractivity contribution in [1.29, 1.82) is 0 Å². The van der Waals surface area contributed by atoms with E-state index in [1.165, 1.54) is 0 Å². The Morgan fingerprint density at radius 2 is 2.20 bits per heavy atom. The highest BCUT2D eigenvalue weighted by atomic mass is 31.0. The Morgan fingerprint density at radius 1 is 1.60 bits per heavy atom.